The van der Waals surface area contributed by atoms with Gasteiger partial charge >= 0.3 is 6.36 Å². The number of nitrogens with one attached hydrogen (secondary N) is 1. The molecule has 2 rings (SSSR count). The lowest BCUT2D eigenvalue weighted by Crippen LogP contribution is -2.23. The van der Waals surface area contributed by atoms with Gasteiger partial charge in [0.15, 0.2) is 0 Å². The average Bonchev–Trinajstić information content (AvgIpc) is 2.40. The molecule has 0 amide bonds. The average molecular weight is 297 g/mol. The van der Waals surface area contributed by atoms with Crippen molar-refractivity contribution in [2.75, 3.05) is 7.05 Å². The molecule has 1 N–H and O–H groups in total. The highest BCUT2D eigenvalue weighted by molar-refractivity contribution is 5.40. The zero-order valence-electron chi connectivity index (χ0n) is 11.5. The van der Waals surface area contributed by atoms with Crippen molar-refractivity contribution in [3.05, 3.63) is 53.6 Å². The van der Waals surface area contributed by atoms with Gasteiger partial charge in [0, 0.05) is 11.8 Å². The normalized spacial score (nSPS) is 13.0. The number of para-hydroxylation sites is 1. The second-order valence-electron chi connectivity index (χ2n) is 4.34. The number of rotatable bonds is 4. The van der Waals surface area contributed by atoms with Crippen LogP contribution in [0.25, 0.3) is 0 Å². The van der Waals surface area contributed by atoms with E-state index >= 15 is 0 Å². The lowest BCUT2D eigenvalue weighted by atomic mass is 10.0. The molecular formula is C14H14F3N3O. The molecule has 1 aromatic carbocycles. The summed E-state index contributed by atoms with van der Waals surface area (Å²) in [5, 5.41) is 2.95. The number of nitrogens with zero attached hydrogens (tertiary/aromatic N) is 2. The molecule has 7 heteroatoms. The van der Waals surface area contributed by atoms with Crippen molar-refractivity contribution < 1.29 is 17.9 Å². The highest BCUT2D eigenvalue weighted by Crippen LogP contribution is 2.32. The van der Waals surface area contributed by atoms with Crippen LogP contribution in [0.3, 0.4) is 0 Å². The molecule has 1 atom stereocenters. The first kappa shape index (κ1) is 15.2. The minimum absolute atomic E-state index is 0.249. The number of benzene rings is 1. The predicted molar refractivity (Wildman–Crippen MR) is 70.8 cm³/mol. The molecule has 1 aromatic heterocycles. The molecule has 0 fully saturated rings. The minimum atomic E-state index is -4.74. The summed E-state index contributed by atoms with van der Waals surface area (Å²) in [7, 11) is 1.65. The Morgan fingerprint density at radius 3 is 2.52 bits per heavy atom. The van der Waals surface area contributed by atoms with E-state index < -0.39 is 12.4 Å². The van der Waals surface area contributed by atoms with Crippen molar-refractivity contribution in [3.63, 3.8) is 0 Å². The van der Waals surface area contributed by atoms with Crippen molar-refractivity contribution in [2.45, 2.75) is 19.3 Å². The van der Waals surface area contributed by atoms with Crippen LogP contribution in [0.5, 0.6) is 5.75 Å². The third kappa shape index (κ3) is 3.91. The molecule has 0 aliphatic heterocycles. The molecule has 112 valence electrons. The van der Waals surface area contributed by atoms with Crippen molar-refractivity contribution in [1.29, 1.82) is 0 Å². The quantitative estimate of drug-likeness (QED) is 0.942. The van der Waals surface area contributed by atoms with Gasteiger partial charge < -0.3 is 10.1 Å². The maximum Gasteiger partial charge on any atom is 0.573 e. The summed E-state index contributed by atoms with van der Waals surface area (Å²) in [5.74, 6) is 0.294. The molecule has 0 aliphatic carbocycles. The van der Waals surface area contributed by atoms with Gasteiger partial charge in [-0.25, -0.2) is 9.97 Å². The lowest BCUT2D eigenvalue weighted by Gasteiger charge is -2.20. The maximum absolute atomic E-state index is 12.5. The Morgan fingerprint density at radius 2 is 1.90 bits per heavy atom. The smallest absolute Gasteiger partial charge is 0.405 e. The summed E-state index contributed by atoms with van der Waals surface area (Å²) < 4.78 is 41.5. The van der Waals surface area contributed by atoms with Crippen LogP contribution in [-0.4, -0.2) is 23.4 Å². The van der Waals surface area contributed by atoms with Crippen LogP contribution in [-0.2, 0) is 0 Å². The largest absolute Gasteiger partial charge is 0.573 e. The first-order valence-corrected chi connectivity index (χ1v) is 6.22. The van der Waals surface area contributed by atoms with Crippen LogP contribution in [0.4, 0.5) is 13.2 Å². The number of alkyl halides is 3. The van der Waals surface area contributed by atoms with Crippen LogP contribution in [0.2, 0.25) is 0 Å². The molecule has 1 heterocycles. The van der Waals surface area contributed by atoms with E-state index in [1.54, 1.807) is 38.4 Å². The van der Waals surface area contributed by atoms with E-state index in [9.17, 15) is 13.2 Å². The van der Waals surface area contributed by atoms with Gasteiger partial charge in [-0.2, -0.15) is 0 Å². The molecule has 0 saturated heterocycles. The Hall–Kier alpha value is -2.15. The summed E-state index contributed by atoms with van der Waals surface area (Å²) in [6, 6.07) is 7.11. The molecule has 2 aromatic rings. The molecule has 0 radical (unpaired) electrons. The Kier molecular flexibility index (Phi) is 4.42. The van der Waals surface area contributed by atoms with E-state index in [1.807, 2.05) is 0 Å². The fourth-order valence-electron chi connectivity index (χ4n) is 2.03. The van der Waals surface area contributed by atoms with E-state index in [-0.39, 0.29) is 5.75 Å². The SMILES string of the molecule is CNC(c1ccnc(C)n1)c1ccccc1OC(F)(F)F. The van der Waals surface area contributed by atoms with Gasteiger partial charge in [-0.05, 0) is 26.1 Å². The van der Waals surface area contributed by atoms with Gasteiger partial charge in [0.05, 0.1) is 11.7 Å². The summed E-state index contributed by atoms with van der Waals surface area (Å²) in [6.45, 7) is 1.72. The Labute approximate surface area is 120 Å². The summed E-state index contributed by atoms with van der Waals surface area (Å²) >= 11 is 0. The fourth-order valence-corrected chi connectivity index (χ4v) is 2.03. The fraction of sp³-hybridized carbons (Fsp3) is 0.286. The highest BCUT2D eigenvalue weighted by atomic mass is 19.4. The Bertz CT molecular complexity index is 616. The highest BCUT2D eigenvalue weighted by Gasteiger charge is 2.33. The van der Waals surface area contributed by atoms with Crippen LogP contribution in [0.1, 0.15) is 23.1 Å². The molecule has 0 bridgehead atoms. The first-order chi connectivity index (χ1) is 9.90. The molecule has 0 saturated carbocycles. The number of aromatic nitrogens is 2. The number of halogens is 3. The van der Waals surface area contributed by atoms with Gasteiger partial charge in [-0.3, -0.25) is 0 Å². The van der Waals surface area contributed by atoms with Crippen LogP contribution in [0.15, 0.2) is 36.5 Å². The topological polar surface area (TPSA) is 47.0 Å². The van der Waals surface area contributed by atoms with E-state index in [4.69, 9.17) is 0 Å². The van der Waals surface area contributed by atoms with Gasteiger partial charge in [-0.1, -0.05) is 18.2 Å². The van der Waals surface area contributed by atoms with Crippen LogP contribution in [0, 0.1) is 6.92 Å². The third-order valence-corrected chi connectivity index (χ3v) is 2.84. The Balaban J connectivity index is 2.43. The van der Waals surface area contributed by atoms with E-state index in [2.05, 4.69) is 20.0 Å². The van der Waals surface area contributed by atoms with E-state index in [1.165, 1.54) is 12.1 Å². The van der Waals surface area contributed by atoms with Crippen molar-refractivity contribution in [3.8, 4) is 5.75 Å². The summed E-state index contributed by atoms with van der Waals surface area (Å²) in [5.41, 5.74) is 0.929. The molecule has 1 unspecified atom stereocenters. The Morgan fingerprint density at radius 1 is 1.19 bits per heavy atom. The van der Waals surface area contributed by atoms with Gasteiger partial charge in [0.1, 0.15) is 11.6 Å². The minimum Gasteiger partial charge on any atom is -0.405 e. The van der Waals surface area contributed by atoms with Crippen molar-refractivity contribution >= 4 is 0 Å². The second kappa shape index (κ2) is 6.09. The number of hydrogen-bond donors (Lipinski definition) is 1. The van der Waals surface area contributed by atoms with E-state index in [0.29, 0.717) is 17.1 Å². The van der Waals surface area contributed by atoms with Gasteiger partial charge in [0.2, 0.25) is 0 Å². The molecule has 0 spiro atoms. The molecular weight excluding hydrogens is 283 g/mol. The number of aryl methyl sites for hydroxylation is 1. The monoisotopic (exact) mass is 297 g/mol. The number of ether oxygens (including phenoxy) is 1. The summed E-state index contributed by atoms with van der Waals surface area (Å²) in [4.78, 5) is 8.23. The second-order valence-corrected chi connectivity index (χ2v) is 4.34. The first-order valence-electron chi connectivity index (χ1n) is 6.22. The van der Waals surface area contributed by atoms with Crippen molar-refractivity contribution in [1.82, 2.24) is 15.3 Å². The van der Waals surface area contributed by atoms with Crippen LogP contribution < -0.4 is 10.1 Å². The predicted octanol–water partition coefficient (Wildman–Crippen LogP) is 2.99. The maximum atomic E-state index is 12.5. The van der Waals surface area contributed by atoms with Crippen LogP contribution >= 0.6 is 0 Å². The molecule has 0 aliphatic rings. The third-order valence-electron chi connectivity index (χ3n) is 2.84. The van der Waals surface area contributed by atoms with Gasteiger partial charge in [0.25, 0.3) is 0 Å². The molecule has 21 heavy (non-hydrogen) atoms. The van der Waals surface area contributed by atoms with Crippen molar-refractivity contribution in [2.24, 2.45) is 0 Å². The number of hydrogen-bond acceptors (Lipinski definition) is 4. The molecule has 4 nitrogen and oxygen atoms in total. The summed E-state index contributed by atoms with van der Waals surface area (Å²) in [6.07, 6.45) is -3.18. The van der Waals surface area contributed by atoms with Gasteiger partial charge in [-0.15, -0.1) is 13.2 Å². The zero-order chi connectivity index (χ0) is 15.5. The lowest BCUT2D eigenvalue weighted by molar-refractivity contribution is -0.275. The van der Waals surface area contributed by atoms with E-state index in [0.717, 1.165) is 0 Å². The standard InChI is InChI=1S/C14H14F3N3O/c1-9-19-8-7-11(20-9)13(18-2)10-5-3-4-6-12(10)21-14(15,16)17/h3-8,13,18H,1-2H3. The zero-order valence-corrected chi connectivity index (χ0v) is 11.5.